The highest BCUT2D eigenvalue weighted by molar-refractivity contribution is 5.49. The van der Waals surface area contributed by atoms with Gasteiger partial charge in [-0.25, -0.2) is 0 Å². The Bertz CT molecular complexity index is 246. The van der Waals surface area contributed by atoms with Crippen molar-refractivity contribution in [1.29, 1.82) is 0 Å². The van der Waals surface area contributed by atoms with Crippen LogP contribution in [0.15, 0.2) is 12.3 Å². The van der Waals surface area contributed by atoms with Crippen LogP contribution in [-0.2, 0) is 7.05 Å². The Balaban J connectivity index is 3.05. The Morgan fingerprint density at radius 1 is 1.60 bits per heavy atom. The highest BCUT2D eigenvalue weighted by atomic mass is 15.3. The molecule has 0 atom stereocenters. The number of nitrogens with zero attached hydrogens (tertiary/aromatic N) is 2. The molecule has 1 aromatic heterocycles. The molecule has 10 heavy (non-hydrogen) atoms. The lowest BCUT2D eigenvalue weighted by Gasteiger charge is -1.92. The van der Waals surface area contributed by atoms with Crippen molar-refractivity contribution in [3.8, 4) is 0 Å². The van der Waals surface area contributed by atoms with Crippen LogP contribution < -0.4 is 0 Å². The van der Waals surface area contributed by atoms with Crippen molar-refractivity contribution >= 4 is 6.08 Å². The Hall–Kier alpha value is -1.05. The van der Waals surface area contributed by atoms with Gasteiger partial charge in [-0.1, -0.05) is 12.2 Å². The monoisotopic (exact) mass is 136 g/mol. The van der Waals surface area contributed by atoms with E-state index in [9.17, 15) is 0 Å². The number of hydrogen-bond donors (Lipinski definition) is 0. The van der Waals surface area contributed by atoms with Gasteiger partial charge in [0, 0.05) is 18.3 Å². The van der Waals surface area contributed by atoms with Gasteiger partial charge in [0.25, 0.3) is 0 Å². The van der Waals surface area contributed by atoms with Gasteiger partial charge in [-0.15, -0.1) is 0 Å². The zero-order valence-corrected chi connectivity index (χ0v) is 6.63. The molecule has 0 radical (unpaired) electrons. The van der Waals surface area contributed by atoms with Crippen LogP contribution in [0.3, 0.4) is 0 Å². The van der Waals surface area contributed by atoms with Crippen LogP contribution >= 0.6 is 0 Å². The first-order valence-electron chi connectivity index (χ1n) is 3.37. The Labute approximate surface area is 61.2 Å². The van der Waals surface area contributed by atoms with Crippen LogP contribution in [0.5, 0.6) is 0 Å². The first kappa shape index (κ1) is 7.06. The first-order chi connectivity index (χ1) is 4.75. The minimum absolute atomic E-state index is 1.20. The second-order valence-electron chi connectivity index (χ2n) is 2.31. The van der Waals surface area contributed by atoms with Gasteiger partial charge in [-0.3, -0.25) is 4.68 Å². The molecule has 0 aliphatic rings. The lowest BCUT2D eigenvalue weighted by Crippen LogP contribution is -1.91. The zero-order valence-electron chi connectivity index (χ0n) is 6.63. The number of allylic oxidation sites excluding steroid dienone is 1. The van der Waals surface area contributed by atoms with Crippen molar-refractivity contribution in [3.05, 3.63) is 23.5 Å². The average molecular weight is 136 g/mol. The van der Waals surface area contributed by atoms with E-state index < -0.39 is 0 Å². The molecule has 2 nitrogen and oxygen atoms in total. The van der Waals surface area contributed by atoms with Crippen molar-refractivity contribution < 1.29 is 0 Å². The molecule has 1 aromatic rings. The summed E-state index contributed by atoms with van der Waals surface area (Å²) in [5.41, 5.74) is 2.41. The van der Waals surface area contributed by atoms with E-state index in [0.29, 0.717) is 0 Å². The van der Waals surface area contributed by atoms with Crippen LogP contribution in [0.2, 0.25) is 0 Å². The molecule has 0 aliphatic heterocycles. The average Bonchev–Trinajstić information content (AvgIpc) is 2.20. The van der Waals surface area contributed by atoms with E-state index in [1.807, 2.05) is 30.9 Å². The third kappa shape index (κ3) is 1.10. The fourth-order valence-electron chi connectivity index (χ4n) is 0.859. The second kappa shape index (κ2) is 2.69. The number of hydrogen-bond acceptors (Lipinski definition) is 1. The molecule has 0 aromatic carbocycles. The topological polar surface area (TPSA) is 17.8 Å². The van der Waals surface area contributed by atoms with Crippen LogP contribution in [-0.4, -0.2) is 9.78 Å². The molecule has 0 spiro atoms. The van der Waals surface area contributed by atoms with E-state index in [-0.39, 0.29) is 0 Å². The van der Waals surface area contributed by atoms with Gasteiger partial charge in [0.15, 0.2) is 0 Å². The van der Waals surface area contributed by atoms with Crippen molar-refractivity contribution in [2.45, 2.75) is 13.8 Å². The van der Waals surface area contributed by atoms with E-state index in [1.165, 1.54) is 11.3 Å². The lowest BCUT2D eigenvalue weighted by atomic mass is 10.2. The number of aromatic nitrogens is 2. The molecule has 54 valence electrons. The fraction of sp³-hybridized carbons (Fsp3) is 0.375. The van der Waals surface area contributed by atoms with E-state index >= 15 is 0 Å². The number of aryl methyl sites for hydroxylation is 1. The van der Waals surface area contributed by atoms with Crippen LogP contribution in [0, 0.1) is 6.92 Å². The SMILES string of the molecule is C/C=C/c1cnn(C)c1C. The summed E-state index contributed by atoms with van der Waals surface area (Å²) in [5, 5.41) is 4.10. The zero-order chi connectivity index (χ0) is 7.56. The van der Waals surface area contributed by atoms with Crippen molar-refractivity contribution in [2.24, 2.45) is 7.05 Å². The van der Waals surface area contributed by atoms with Gasteiger partial charge in [0.1, 0.15) is 0 Å². The molecular weight excluding hydrogens is 124 g/mol. The fourth-order valence-corrected chi connectivity index (χ4v) is 0.859. The normalized spacial score (nSPS) is 11.1. The van der Waals surface area contributed by atoms with Crippen molar-refractivity contribution in [2.75, 3.05) is 0 Å². The molecule has 1 rings (SSSR count). The van der Waals surface area contributed by atoms with E-state index in [1.54, 1.807) is 0 Å². The van der Waals surface area contributed by atoms with Crippen LogP contribution in [0.25, 0.3) is 6.08 Å². The highest BCUT2D eigenvalue weighted by Gasteiger charge is 1.96. The largest absolute Gasteiger partial charge is 0.272 e. The molecule has 0 amide bonds. The third-order valence-electron chi connectivity index (χ3n) is 1.62. The maximum absolute atomic E-state index is 4.10. The summed E-state index contributed by atoms with van der Waals surface area (Å²) < 4.78 is 1.87. The molecule has 0 aliphatic carbocycles. The molecule has 0 saturated heterocycles. The summed E-state index contributed by atoms with van der Waals surface area (Å²) in [5.74, 6) is 0. The quantitative estimate of drug-likeness (QED) is 0.575. The third-order valence-corrected chi connectivity index (χ3v) is 1.62. The Morgan fingerprint density at radius 2 is 2.30 bits per heavy atom. The van der Waals surface area contributed by atoms with Crippen LogP contribution in [0.4, 0.5) is 0 Å². The van der Waals surface area contributed by atoms with E-state index in [0.717, 1.165) is 0 Å². The van der Waals surface area contributed by atoms with Gasteiger partial charge >= 0.3 is 0 Å². The predicted molar refractivity (Wildman–Crippen MR) is 42.7 cm³/mol. The summed E-state index contributed by atoms with van der Waals surface area (Å²) in [7, 11) is 1.95. The second-order valence-corrected chi connectivity index (χ2v) is 2.31. The van der Waals surface area contributed by atoms with Gasteiger partial charge in [-0.05, 0) is 13.8 Å². The number of rotatable bonds is 1. The maximum Gasteiger partial charge on any atom is 0.0564 e. The molecule has 0 unspecified atom stereocenters. The summed E-state index contributed by atoms with van der Waals surface area (Å²) in [6.45, 7) is 4.06. The van der Waals surface area contributed by atoms with Gasteiger partial charge in [0.2, 0.25) is 0 Å². The summed E-state index contributed by atoms with van der Waals surface area (Å²) in [6.07, 6.45) is 5.95. The summed E-state index contributed by atoms with van der Waals surface area (Å²) in [4.78, 5) is 0. The Kier molecular flexibility index (Phi) is 1.90. The standard InChI is InChI=1S/C8H12N2/c1-4-5-8-6-9-10(3)7(8)2/h4-6H,1-3H3/b5-4+. The molecule has 0 saturated carbocycles. The lowest BCUT2D eigenvalue weighted by molar-refractivity contribution is 0.740. The molecular formula is C8H12N2. The Morgan fingerprint density at radius 3 is 2.70 bits per heavy atom. The van der Waals surface area contributed by atoms with E-state index in [4.69, 9.17) is 0 Å². The molecule has 2 heteroatoms. The molecule has 1 heterocycles. The first-order valence-corrected chi connectivity index (χ1v) is 3.37. The molecule has 0 bridgehead atoms. The molecule has 0 N–H and O–H groups in total. The van der Waals surface area contributed by atoms with E-state index in [2.05, 4.69) is 18.1 Å². The summed E-state index contributed by atoms with van der Waals surface area (Å²) >= 11 is 0. The smallest absolute Gasteiger partial charge is 0.0564 e. The van der Waals surface area contributed by atoms with Gasteiger partial charge in [0.05, 0.1) is 6.20 Å². The minimum Gasteiger partial charge on any atom is -0.272 e. The summed E-state index contributed by atoms with van der Waals surface area (Å²) in [6, 6.07) is 0. The predicted octanol–water partition coefficient (Wildman–Crippen LogP) is 1.76. The van der Waals surface area contributed by atoms with Gasteiger partial charge < -0.3 is 0 Å². The molecule has 0 fully saturated rings. The van der Waals surface area contributed by atoms with Crippen LogP contribution in [0.1, 0.15) is 18.2 Å². The van der Waals surface area contributed by atoms with Crippen molar-refractivity contribution in [3.63, 3.8) is 0 Å². The highest BCUT2D eigenvalue weighted by Crippen LogP contribution is 2.06. The minimum atomic E-state index is 1.20. The van der Waals surface area contributed by atoms with Gasteiger partial charge in [-0.2, -0.15) is 5.10 Å². The maximum atomic E-state index is 4.10. The van der Waals surface area contributed by atoms with Crippen molar-refractivity contribution in [1.82, 2.24) is 9.78 Å².